The second-order valence-corrected chi connectivity index (χ2v) is 20.1. The molecule has 41 heteroatoms. The van der Waals surface area contributed by atoms with Gasteiger partial charge in [0.15, 0.2) is 5.75 Å². The topological polar surface area (TPSA) is 428 Å². The molecule has 402 valence electrons. The number of aromatic nitrogens is 6. The third kappa shape index (κ3) is 23.8. The van der Waals surface area contributed by atoms with Gasteiger partial charge in [0.25, 0.3) is 0 Å². The quantitative estimate of drug-likeness (QED) is 0.00929. The van der Waals surface area contributed by atoms with Gasteiger partial charge >= 0.3 is 177 Å². The molecule has 0 spiro atoms. The maximum Gasteiger partial charge on any atom is 1.00 e. The Balaban J connectivity index is 0.0000107. The van der Waals surface area contributed by atoms with Gasteiger partial charge in [0.2, 0.25) is 35.7 Å². The largest absolute Gasteiger partial charge is 1.00 e. The standard InChI is InChI=1S/C40H44N12O18S5.6Na/c1-5-51(6-2)39-47-35(45-38(50-39)44-30-22-28(71-69-67-54)16-18-33(30)74(59,60)61)41-25-13-11-23(31(19-25)72-70-68-55)9-10-24-12-14-26(20-34(24)75(62,63)64)42-36-46-37(49-40(48-36)52(7-3)8-4)43-29-21-27(65-66-53)15-17-32(29)73(56,57)58;;;;;;/h9-22,53-55H,5-8H2,1-4H3,(H,56,57,58)(H,59,60,61)(H,62,63,64)(H2,41,44,45,47,50)(H2,42,43,46,48,49);;;;;;/q;6*+1/p-6/b10-9+;;;;;;. The second-order valence-electron chi connectivity index (χ2n) is 14.5. The monoisotopic (exact) mass is 1270 g/mol. The van der Waals surface area contributed by atoms with Crippen molar-refractivity contribution < 1.29 is 261 Å². The SMILES string of the molecule is CCN(CC)c1nc(Nc2ccc(/C=C/c3ccc(Nc4nc(Nc5cc(SOO[O-])ccc5S(=O)(=O)[O-])nc(N(CC)CC)n4)cc3SOO[O-])c(S(=O)(=O)[O-])c2)nc(Nc2cc(OO[O-])ccc2S(=O)(=O)[O-])n1.[Na+].[Na+].[Na+].[Na+].[Na+].[Na+]. The van der Waals surface area contributed by atoms with Gasteiger partial charge in [-0.05, 0) is 93.4 Å². The molecular weight excluding hydrogens is 1230 g/mol. The molecule has 0 unspecified atom stereocenters. The second kappa shape index (κ2) is 37.9. The number of benzene rings is 4. The third-order valence-electron chi connectivity index (χ3n) is 9.96. The van der Waals surface area contributed by atoms with Gasteiger partial charge in [-0.1, -0.05) is 24.3 Å². The first-order valence-corrected chi connectivity index (χ1v) is 26.9. The van der Waals surface area contributed by atoms with E-state index in [0.29, 0.717) is 50.3 Å². The fraction of sp³-hybridized carbons (Fsp3) is 0.200. The predicted octanol–water partition coefficient (Wildman–Crippen LogP) is -15.3. The Morgan fingerprint density at radius 3 is 1.36 bits per heavy atom. The van der Waals surface area contributed by atoms with Gasteiger partial charge in [0.1, 0.15) is 30.4 Å². The maximum atomic E-state index is 12.7. The van der Waals surface area contributed by atoms with Crippen LogP contribution in [0.5, 0.6) is 5.75 Å². The zero-order valence-electron chi connectivity index (χ0n) is 44.9. The van der Waals surface area contributed by atoms with Crippen LogP contribution in [-0.2, 0) is 54.1 Å². The molecule has 0 atom stereocenters. The Hall–Kier alpha value is -0.650. The fourth-order valence-electron chi connectivity index (χ4n) is 6.61. The first-order chi connectivity index (χ1) is 35.7. The van der Waals surface area contributed by atoms with E-state index in [4.69, 9.17) is 0 Å². The number of nitrogens with zero attached hydrogens (tertiary/aromatic N) is 8. The zero-order valence-corrected chi connectivity index (χ0v) is 61.0. The van der Waals surface area contributed by atoms with E-state index in [1.807, 2.05) is 13.8 Å². The molecular formula is C40H38N12Na6O18S5. The van der Waals surface area contributed by atoms with Crippen molar-refractivity contribution in [3.63, 3.8) is 0 Å². The smallest absolute Gasteiger partial charge is 0.744 e. The average Bonchev–Trinajstić information content (AvgIpc) is 3.35. The molecule has 6 aromatic rings. The molecule has 2 heterocycles. The first-order valence-electron chi connectivity index (χ1n) is 21.1. The van der Waals surface area contributed by atoms with Gasteiger partial charge in [0, 0.05) is 53.4 Å². The molecule has 0 fully saturated rings. The molecule has 2 aromatic heterocycles. The summed E-state index contributed by atoms with van der Waals surface area (Å²) < 4.78 is 120. The molecule has 0 saturated carbocycles. The van der Waals surface area contributed by atoms with Crippen molar-refractivity contribution in [2.75, 3.05) is 57.2 Å². The van der Waals surface area contributed by atoms with E-state index >= 15 is 0 Å². The summed E-state index contributed by atoms with van der Waals surface area (Å²) in [7, 11) is -15.4. The Bertz CT molecular complexity index is 3390. The third-order valence-corrected chi connectivity index (χ3v) is 13.9. The van der Waals surface area contributed by atoms with Crippen molar-refractivity contribution in [3.8, 4) is 5.75 Å². The fourth-order valence-corrected chi connectivity index (χ4v) is 9.44. The summed E-state index contributed by atoms with van der Waals surface area (Å²) in [5, 5.41) is 53.4. The van der Waals surface area contributed by atoms with E-state index in [-0.39, 0.29) is 257 Å². The Morgan fingerprint density at radius 2 is 0.901 bits per heavy atom. The van der Waals surface area contributed by atoms with Crippen molar-refractivity contribution >= 4 is 125 Å². The molecule has 0 bridgehead atoms. The van der Waals surface area contributed by atoms with Crippen LogP contribution in [0.4, 0.5) is 58.4 Å². The summed E-state index contributed by atoms with van der Waals surface area (Å²) in [6.07, 6.45) is 2.67. The van der Waals surface area contributed by atoms with E-state index in [0.717, 1.165) is 30.3 Å². The van der Waals surface area contributed by atoms with E-state index in [9.17, 15) is 54.7 Å². The predicted molar refractivity (Wildman–Crippen MR) is 256 cm³/mol. The zero-order chi connectivity index (χ0) is 54.5. The van der Waals surface area contributed by atoms with Crippen molar-refractivity contribution in [3.05, 3.63) is 83.9 Å². The van der Waals surface area contributed by atoms with Crippen molar-refractivity contribution in [2.45, 2.75) is 52.2 Å². The van der Waals surface area contributed by atoms with E-state index in [2.05, 4.69) is 79.8 Å². The van der Waals surface area contributed by atoms with Gasteiger partial charge in [0.05, 0.1) is 50.1 Å². The number of nitrogens with one attached hydrogen (secondary N) is 4. The normalized spacial score (nSPS) is 11.0. The Morgan fingerprint density at radius 1 is 0.481 bits per heavy atom. The molecule has 0 radical (unpaired) electrons. The summed E-state index contributed by atoms with van der Waals surface area (Å²) in [6.45, 7) is 8.78. The van der Waals surface area contributed by atoms with Crippen LogP contribution in [0, 0.1) is 0 Å². The molecule has 30 nitrogen and oxygen atoms in total. The molecule has 0 aliphatic heterocycles. The molecule has 0 saturated heterocycles. The van der Waals surface area contributed by atoms with Crippen LogP contribution in [-0.4, -0.2) is 95.0 Å². The van der Waals surface area contributed by atoms with Crippen LogP contribution in [0.2, 0.25) is 0 Å². The van der Waals surface area contributed by atoms with Crippen molar-refractivity contribution in [1.82, 2.24) is 29.9 Å². The van der Waals surface area contributed by atoms with E-state index in [1.165, 1.54) is 54.6 Å². The van der Waals surface area contributed by atoms with Crippen LogP contribution < -0.4 is 229 Å². The summed E-state index contributed by atoms with van der Waals surface area (Å²) in [5.74, 6) is -1.07. The molecule has 0 amide bonds. The van der Waals surface area contributed by atoms with Gasteiger partial charge in [-0.2, -0.15) is 38.6 Å². The van der Waals surface area contributed by atoms with Crippen molar-refractivity contribution in [1.29, 1.82) is 0 Å². The summed E-state index contributed by atoms with van der Waals surface area (Å²) >= 11 is 0.879. The number of rotatable bonds is 27. The number of hydrogen-bond donors (Lipinski definition) is 4. The minimum atomic E-state index is -5.22. The van der Waals surface area contributed by atoms with Crippen LogP contribution in [0.25, 0.3) is 12.2 Å². The molecule has 0 aliphatic rings. The Labute approximate surface area is 605 Å². The number of anilines is 10. The van der Waals surface area contributed by atoms with Gasteiger partial charge in [-0.25, -0.2) is 30.3 Å². The summed E-state index contributed by atoms with van der Waals surface area (Å²) in [4.78, 5) is 32.1. The van der Waals surface area contributed by atoms with Crippen molar-refractivity contribution in [2.24, 2.45) is 0 Å². The molecule has 4 aromatic carbocycles. The van der Waals surface area contributed by atoms with E-state index in [1.54, 1.807) is 23.6 Å². The maximum absolute atomic E-state index is 12.7. The minimum absolute atomic E-state index is 0. The molecule has 81 heavy (non-hydrogen) atoms. The summed E-state index contributed by atoms with van der Waals surface area (Å²) in [5.41, 5.74) is -0.274. The van der Waals surface area contributed by atoms with Gasteiger partial charge in [-0.15, -0.1) is 0 Å². The van der Waals surface area contributed by atoms with Crippen LogP contribution in [0.1, 0.15) is 38.8 Å². The number of hydrogen-bond acceptors (Lipinski definition) is 32. The van der Waals surface area contributed by atoms with Crippen LogP contribution in [0.15, 0.2) is 97.3 Å². The Kier molecular flexibility index (Phi) is 37.6. The van der Waals surface area contributed by atoms with E-state index < -0.39 is 50.7 Å². The molecule has 6 rings (SSSR count). The van der Waals surface area contributed by atoms with Crippen LogP contribution in [0.3, 0.4) is 0 Å². The minimum Gasteiger partial charge on any atom is -0.744 e. The van der Waals surface area contributed by atoms with Crippen LogP contribution >= 0.6 is 24.1 Å². The molecule has 0 aliphatic carbocycles. The first kappa shape index (κ1) is 80.3. The molecule has 4 N–H and O–H groups in total. The summed E-state index contributed by atoms with van der Waals surface area (Å²) in [6, 6.07) is 14.3. The van der Waals surface area contributed by atoms with Gasteiger partial charge in [-0.3, -0.25) is 10.1 Å². The van der Waals surface area contributed by atoms with Gasteiger partial charge < -0.3 is 65.4 Å². The average molecular weight is 1270 g/mol.